The molecule has 0 aromatic heterocycles. The van der Waals surface area contributed by atoms with Gasteiger partial charge in [-0.3, -0.25) is 14.5 Å². The fourth-order valence-electron chi connectivity index (χ4n) is 3.58. The number of carbonyl (C=O) groups excluding carboxylic acids is 2. The van der Waals surface area contributed by atoms with Gasteiger partial charge < -0.3 is 5.32 Å². The molecule has 1 N–H and O–H groups in total. The monoisotopic (exact) mass is 250 g/mol. The first-order valence-electron chi connectivity index (χ1n) is 7.23. The lowest BCUT2D eigenvalue weighted by atomic mass is 9.78. The molecule has 18 heavy (non-hydrogen) atoms. The summed E-state index contributed by atoms with van der Waals surface area (Å²) < 4.78 is 0. The molecule has 1 saturated heterocycles. The Labute approximate surface area is 108 Å². The maximum absolute atomic E-state index is 12.4. The number of imide groups is 1. The van der Waals surface area contributed by atoms with Gasteiger partial charge in [0.15, 0.2) is 0 Å². The summed E-state index contributed by atoms with van der Waals surface area (Å²) in [7, 11) is 0. The Morgan fingerprint density at radius 3 is 2.39 bits per heavy atom. The van der Waals surface area contributed by atoms with Crippen molar-refractivity contribution in [1.29, 1.82) is 0 Å². The van der Waals surface area contributed by atoms with E-state index in [-0.39, 0.29) is 29.4 Å². The van der Waals surface area contributed by atoms with Crippen molar-refractivity contribution in [3.8, 4) is 0 Å². The first-order chi connectivity index (χ1) is 8.59. The van der Waals surface area contributed by atoms with Gasteiger partial charge in [0.1, 0.15) is 0 Å². The van der Waals surface area contributed by atoms with Crippen molar-refractivity contribution in [2.45, 2.75) is 75.9 Å². The summed E-state index contributed by atoms with van der Waals surface area (Å²) in [6, 6.07) is -0.0746. The van der Waals surface area contributed by atoms with Crippen LogP contribution in [0.4, 0.5) is 0 Å². The van der Waals surface area contributed by atoms with E-state index in [2.05, 4.69) is 12.2 Å². The molecule has 1 heterocycles. The number of rotatable bonds is 3. The van der Waals surface area contributed by atoms with Crippen LogP contribution in [0.15, 0.2) is 0 Å². The van der Waals surface area contributed by atoms with Gasteiger partial charge in [0.25, 0.3) is 0 Å². The fraction of sp³-hybridized carbons (Fsp3) is 0.857. The molecular weight excluding hydrogens is 228 g/mol. The van der Waals surface area contributed by atoms with Crippen molar-refractivity contribution in [1.82, 2.24) is 10.2 Å². The van der Waals surface area contributed by atoms with Gasteiger partial charge in [-0.15, -0.1) is 0 Å². The standard InChI is InChI=1S/C14H22N2O2/c1-14(7-4-8-14)15-11-9-12(17)16(13(11)18)10-5-2-3-6-10/h10-11,15H,2-9H2,1H3. The molecule has 100 valence electrons. The molecule has 0 radical (unpaired) electrons. The van der Waals surface area contributed by atoms with Gasteiger partial charge in [0.2, 0.25) is 11.8 Å². The second kappa shape index (κ2) is 4.34. The number of nitrogens with zero attached hydrogens (tertiary/aromatic N) is 1. The number of carbonyl (C=O) groups is 2. The number of nitrogens with one attached hydrogen (secondary N) is 1. The minimum absolute atomic E-state index is 0.0278. The van der Waals surface area contributed by atoms with E-state index in [1.54, 1.807) is 4.90 Å². The van der Waals surface area contributed by atoms with E-state index >= 15 is 0 Å². The van der Waals surface area contributed by atoms with Crippen LogP contribution in [-0.4, -0.2) is 34.3 Å². The summed E-state index contributed by atoms with van der Waals surface area (Å²) >= 11 is 0. The third-order valence-corrected chi connectivity index (χ3v) is 4.85. The lowest BCUT2D eigenvalue weighted by molar-refractivity contribution is -0.141. The molecule has 0 bridgehead atoms. The molecule has 0 spiro atoms. The zero-order valence-corrected chi connectivity index (χ0v) is 11.1. The maximum atomic E-state index is 12.4. The van der Waals surface area contributed by atoms with Gasteiger partial charge in [-0.05, 0) is 39.0 Å². The first-order valence-corrected chi connectivity index (χ1v) is 7.23. The molecule has 2 saturated carbocycles. The van der Waals surface area contributed by atoms with Crippen LogP contribution in [0.2, 0.25) is 0 Å². The van der Waals surface area contributed by atoms with Crippen LogP contribution in [0.1, 0.15) is 58.3 Å². The van der Waals surface area contributed by atoms with Crippen molar-refractivity contribution in [3.63, 3.8) is 0 Å². The summed E-state index contributed by atoms with van der Waals surface area (Å²) in [5.41, 5.74) is 0.0896. The Kier molecular flexibility index (Phi) is 2.93. The molecule has 2 aliphatic carbocycles. The molecule has 1 atom stereocenters. The minimum atomic E-state index is -0.261. The largest absolute Gasteiger partial charge is 0.300 e. The third-order valence-electron chi connectivity index (χ3n) is 4.85. The van der Waals surface area contributed by atoms with Crippen LogP contribution in [0.3, 0.4) is 0 Å². The number of amides is 2. The van der Waals surface area contributed by atoms with Crippen molar-refractivity contribution in [2.24, 2.45) is 0 Å². The number of likely N-dealkylation sites (tertiary alicyclic amines) is 1. The summed E-state index contributed by atoms with van der Waals surface area (Å²) in [4.78, 5) is 26.0. The Morgan fingerprint density at radius 2 is 1.83 bits per heavy atom. The van der Waals surface area contributed by atoms with Gasteiger partial charge in [0.05, 0.1) is 12.5 Å². The maximum Gasteiger partial charge on any atom is 0.247 e. The average molecular weight is 250 g/mol. The van der Waals surface area contributed by atoms with E-state index in [0.29, 0.717) is 6.42 Å². The summed E-state index contributed by atoms with van der Waals surface area (Å²) in [6.07, 6.45) is 8.14. The highest BCUT2D eigenvalue weighted by molar-refractivity contribution is 6.05. The number of hydrogen-bond acceptors (Lipinski definition) is 3. The first kappa shape index (κ1) is 12.2. The van der Waals surface area contributed by atoms with Crippen LogP contribution in [0.5, 0.6) is 0 Å². The van der Waals surface area contributed by atoms with Gasteiger partial charge in [0, 0.05) is 11.6 Å². The molecule has 0 aromatic rings. The fourth-order valence-corrected chi connectivity index (χ4v) is 3.58. The second-order valence-corrected chi connectivity index (χ2v) is 6.36. The Hall–Kier alpha value is -0.900. The van der Waals surface area contributed by atoms with E-state index in [1.165, 1.54) is 6.42 Å². The molecule has 3 aliphatic rings. The third kappa shape index (κ3) is 1.96. The Bertz CT molecular complexity index is 370. The predicted octanol–water partition coefficient (Wildman–Crippen LogP) is 1.59. The zero-order valence-electron chi connectivity index (χ0n) is 11.1. The Balaban J connectivity index is 1.67. The molecule has 1 unspecified atom stereocenters. The predicted molar refractivity (Wildman–Crippen MR) is 67.9 cm³/mol. The summed E-state index contributed by atoms with van der Waals surface area (Å²) in [5.74, 6) is 0.0624. The molecule has 3 fully saturated rings. The van der Waals surface area contributed by atoms with E-state index in [4.69, 9.17) is 0 Å². The molecule has 4 heteroatoms. The van der Waals surface area contributed by atoms with Crippen LogP contribution < -0.4 is 5.32 Å². The minimum Gasteiger partial charge on any atom is -0.300 e. The highest BCUT2D eigenvalue weighted by Crippen LogP contribution is 2.34. The second-order valence-electron chi connectivity index (χ2n) is 6.36. The van der Waals surface area contributed by atoms with Crippen LogP contribution in [-0.2, 0) is 9.59 Å². The van der Waals surface area contributed by atoms with Crippen molar-refractivity contribution < 1.29 is 9.59 Å². The molecule has 0 aromatic carbocycles. The van der Waals surface area contributed by atoms with Crippen LogP contribution >= 0.6 is 0 Å². The number of hydrogen-bond donors (Lipinski definition) is 1. The topological polar surface area (TPSA) is 49.4 Å². The van der Waals surface area contributed by atoms with Gasteiger partial charge in [-0.2, -0.15) is 0 Å². The lowest BCUT2D eigenvalue weighted by Crippen LogP contribution is -2.55. The van der Waals surface area contributed by atoms with Crippen molar-refractivity contribution in [2.75, 3.05) is 0 Å². The van der Waals surface area contributed by atoms with Crippen LogP contribution in [0, 0.1) is 0 Å². The van der Waals surface area contributed by atoms with Crippen molar-refractivity contribution in [3.05, 3.63) is 0 Å². The quantitative estimate of drug-likeness (QED) is 0.774. The van der Waals surface area contributed by atoms with Gasteiger partial charge >= 0.3 is 0 Å². The van der Waals surface area contributed by atoms with Gasteiger partial charge in [-0.1, -0.05) is 12.8 Å². The highest BCUT2D eigenvalue weighted by atomic mass is 16.2. The molecule has 4 nitrogen and oxygen atoms in total. The summed E-state index contributed by atoms with van der Waals surface area (Å²) in [6.45, 7) is 2.16. The van der Waals surface area contributed by atoms with Crippen molar-refractivity contribution >= 4 is 11.8 Å². The SMILES string of the molecule is CC1(NC2CC(=O)N(C3CCCC3)C2=O)CCC1. The molecular formula is C14H22N2O2. The lowest BCUT2D eigenvalue weighted by Gasteiger charge is -2.41. The smallest absolute Gasteiger partial charge is 0.247 e. The van der Waals surface area contributed by atoms with Crippen LogP contribution in [0.25, 0.3) is 0 Å². The highest BCUT2D eigenvalue weighted by Gasteiger charge is 2.46. The van der Waals surface area contributed by atoms with E-state index in [0.717, 1.165) is 38.5 Å². The normalized spacial score (nSPS) is 32.1. The Morgan fingerprint density at radius 1 is 1.17 bits per heavy atom. The van der Waals surface area contributed by atoms with E-state index in [9.17, 15) is 9.59 Å². The zero-order chi connectivity index (χ0) is 12.8. The van der Waals surface area contributed by atoms with Gasteiger partial charge in [-0.25, -0.2) is 0 Å². The van der Waals surface area contributed by atoms with E-state index < -0.39 is 0 Å². The average Bonchev–Trinajstić information content (AvgIpc) is 2.86. The summed E-state index contributed by atoms with van der Waals surface area (Å²) in [5, 5.41) is 3.41. The molecule has 2 amide bonds. The van der Waals surface area contributed by atoms with E-state index in [1.807, 2.05) is 0 Å². The molecule has 3 rings (SSSR count). The molecule has 1 aliphatic heterocycles.